The number of benzene rings is 9. The molecule has 0 unspecified atom stereocenters. The lowest BCUT2D eigenvalue weighted by atomic mass is 9.91. The maximum atomic E-state index is 6.36. The second-order valence-electron chi connectivity index (χ2n) is 16.2. The van der Waals surface area contributed by atoms with Gasteiger partial charge in [0, 0.05) is 49.5 Å². The third-order valence-corrected chi connectivity index (χ3v) is 12.5. The van der Waals surface area contributed by atoms with E-state index in [0.29, 0.717) is 23.2 Å². The molecule has 298 valence electrons. The first-order chi connectivity index (χ1) is 31.7. The summed E-state index contributed by atoms with van der Waals surface area (Å²) in [5.74, 6) is 1.85. The maximum Gasteiger partial charge on any atom is 0.228 e. The largest absolute Gasteiger partial charge is 0.438 e. The van der Waals surface area contributed by atoms with Crippen LogP contribution >= 0.6 is 0 Å². The van der Waals surface area contributed by atoms with Gasteiger partial charge in [-0.05, 0) is 69.8 Å². The van der Waals surface area contributed by atoms with E-state index in [1.54, 1.807) is 0 Å². The summed E-state index contributed by atoms with van der Waals surface area (Å²) < 4.78 is 8.68. The maximum absolute atomic E-state index is 6.36. The van der Waals surface area contributed by atoms with Crippen LogP contribution < -0.4 is 0 Å². The zero-order valence-electron chi connectivity index (χ0n) is 34.4. The van der Waals surface area contributed by atoms with Crippen molar-refractivity contribution in [2.24, 2.45) is 0 Å². The number of rotatable bonds is 6. The molecule has 0 amide bonds. The molecule has 0 atom stereocenters. The standard InChI is InChI=1S/C58H35N5O/c1-2-14-37(15-3-1)55-60-56(62-57(61-55)39-30-32-40(33-31-39)63-50-23-11-8-18-44(50)45-19-9-12-24-51(45)63)38-28-26-36(27-29-38)41-34-35-48(43-17-5-4-16-42(41)43)54-47-21-7-6-20-46(47)53-49-22-10-13-25-52(49)64-58(53)59-54/h1-35H. The first-order valence-corrected chi connectivity index (χ1v) is 21.5. The fourth-order valence-corrected chi connectivity index (χ4v) is 9.51. The van der Waals surface area contributed by atoms with Gasteiger partial charge in [0.1, 0.15) is 5.58 Å². The minimum Gasteiger partial charge on any atom is -0.438 e. The van der Waals surface area contributed by atoms with Gasteiger partial charge in [-0.15, -0.1) is 0 Å². The van der Waals surface area contributed by atoms with Crippen molar-refractivity contribution in [3.63, 3.8) is 0 Å². The highest BCUT2D eigenvalue weighted by atomic mass is 16.3. The highest BCUT2D eigenvalue weighted by molar-refractivity contribution is 6.21. The number of para-hydroxylation sites is 3. The fourth-order valence-electron chi connectivity index (χ4n) is 9.51. The van der Waals surface area contributed by atoms with Crippen LogP contribution in [0.1, 0.15) is 0 Å². The van der Waals surface area contributed by atoms with Gasteiger partial charge in [-0.3, -0.25) is 0 Å². The number of hydrogen-bond donors (Lipinski definition) is 0. The van der Waals surface area contributed by atoms with E-state index >= 15 is 0 Å². The van der Waals surface area contributed by atoms with E-state index in [1.807, 2.05) is 42.5 Å². The Kier molecular flexibility index (Phi) is 8.11. The molecule has 13 aromatic rings. The topological polar surface area (TPSA) is 69.6 Å². The van der Waals surface area contributed by atoms with Crippen LogP contribution in [0.25, 0.3) is 128 Å². The van der Waals surface area contributed by atoms with E-state index < -0.39 is 0 Å². The van der Waals surface area contributed by atoms with Gasteiger partial charge in [-0.1, -0.05) is 170 Å². The molecule has 4 heterocycles. The smallest absolute Gasteiger partial charge is 0.228 e. The first-order valence-electron chi connectivity index (χ1n) is 21.5. The summed E-state index contributed by atoms with van der Waals surface area (Å²) >= 11 is 0. The number of hydrogen-bond acceptors (Lipinski definition) is 5. The van der Waals surface area contributed by atoms with E-state index in [2.05, 4.69) is 174 Å². The molecule has 6 nitrogen and oxygen atoms in total. The Morgan fingerprint density at radius 2 is 0.766 bits per heavy atom. The summed E-state index contributed by atoms with van der Waals surface area (Å²) in [6, 6.07) is 74.0. The van der Waals surface area contributed by atoms with Crippen LogP contribution in [-0.4, -0.2) is 24.5 Å². The van der Waals surface area contributed by atoms with Gasteiger partial charge in [0.2, 0.25) is 5.71 Å². The lowest BCUT2D eigenvalue weighted by Crippen LogP contribution is -2.00. The van der Waals surface area contributed by atoms with Crippen LogP contribution in [0.4, 0.5) is 0 Å². The monoisotopic (exact) mass is 817 g/mol. The Labute approximate surface area is 367 Å². The zero-order chi connectivity index (χ0) is 42.1. The van der Waals surface area contributed by atoms with Crippen molar-refractivity contribution in [2.45, 2.75) is 0 Å². The van der Waals surface area contributed by atoms with E-state index in [-0.39, 0.29) is 0 Å². The minimum absolute atomic E-state index is 0.612. The molecule has 6 heteroatoms. The summed E-state index contributed by atoms with van der Waals surface area (Å²) in [6.07, 6.45) is 0. The predicted octanol–water partition coefficient (Wildman–Crippen LogP) is 14.9. The van der Waals surface area contributed by atoms with Crippen LogP contribution in [0, 0.1) is 0 Å². The van der Waals surface area contributed by atoms with Crippen molar-refractivity contribution in [3.8, 4) is 62.2 Å². The average Bonchev–Trinajstić information content (AvgIpc) is 3.92. The van der Waals surface area contributed by atoms with Crippen molar-refractivity contribution in [1.82, 2.24) is 24.5 Å². The molecule has 0 aliphatic heterocycles. The molecular weight excluding hydrogens is 783 g/mol. The molecule has 0 spiro atoms. The lowest BCUT2D eigenvalue weighted by Gasteiger charge is -2.14. The molecule has 9 aromatic carbocycles. The number of furan rings is 1. The molecule has 0 radical (unpaired) electrons. The summed E-state index contributed by atoms with van der Waals surface area (Å²) in [5.41, 5.74) is 11.8. The summed E-state index contributed by atoms with van der Waals surface area (Å²) in [4.78, 5) is 20.4. The van der Waals surface area contributed by atoms with Crippen LogP contribution in [-0.2, 0) is 0 Å². The highest BCUT2D eigenvalue weighted by Crippen LogP contribution is 2.42. The summed E-state index contributed by atoms with van der Waals surface area (Å²) in [5, 5.41) is 9.07. The predicted molar refractivity (Wildman–Crippen MR) is 261 cm³/mol. The van der Waals surface area contributed by atoms with Gasteiger partial charge in [-0.25, -0.2) is 19.9 Å². The summed E-state index contributed by atoms with van der Waals surface area (Å²) in [7, 11) is 0. The molecule has 0 saturated heterocycles. The van der Waals surface area contributed by atoms with Crippen LogP contribution in [0.5, 0.6) is 0 Å². The van der Waals surface area contributed by atoms with E-state index in [1.165, 1.54) is 21.8 Å². The van der Waals surface area contributed by atoms with Crippen LogP contribution in [0.2, 0.25) is 0 Å². The van der Waals surface area contributed by atoms with Crippen LogP contribution in [0.3, 0.4) is 0 Å². The SMILES string of the molecule is c1ccc(-c2nc(-c3ccc(-c4ccc(-c5nc6oc7ccccc7c6c6ccccc56)c5ccccc45)cc3)nc(-c3ccc(-n4c5ccccc5c5ccccc54)cc3)n2)cc1. The van der Waals surface area contributed by atoms with Crippen molar-refractivity contribution >= 4 is 65.4 Å². The Morgan fingerprint density at radius 1 is 0.312 bits per heavy atom. The van der Waals surface area contributed by atoms with Crippen molar-refractivity contribution in [2.75, 3.05) is 0 Å². The minimum atomic E-state index is 0.612. The first kappa shape index (κ1) is 36.0. The molecule has 0 bridgehead atoms. The molecule has 0 saturated carbocycles. The molecule has 0 aliphatic rings. The van der Waals surface area contributed by atoms with Gasteiger partial charge in [-0.2, -0.15) is 0 Å². The Hall–Kier alpha value is -8.74. The van der Waals surface area contributed by atoms with Crippen molar-refractivity contribution < 1.29 is 4.42 Å². The second-order valence-corrected chi connectivity index (χ2v) is 16.2. The third kappa shape index (κ3) is 5.73. The fraction of sp³-hybridized carbons (Fsp3) is 0. The van der Waals surface area contributed by atoms with Crippen molar-refractivity contribution in [1.29, 1.82) is 0 Å². The normalized spacial score (nSPS) is 11.8. The Bertz CT molecular complexity index is 3890. The second kappa shape index (κ2) is 14.4. The van der Waals surface area contributed by atoms with Gasteiger partial charge >= 0.3 is 0 Å². The van der Waals surface area contributed by atoms with Gasteiger partial charge in [0.25, 0.3) is 0 Å². The molecule has 13 rings (SSSR count). The van der Waals surface area contributed by atoms with E-state index in [0.717, 1.165) is 82.7 Å². The average molecular weight is 818 g/mol. The Balaban J connectivity index is 0.888. The molecule has 4 aromatic heterocycles. The molecule has 0 aliphatic carbocycles. The van der Waals surface area contributed by atoms with Gasteiger partial charge in [0.05, 0.1) is 22.1 Å². The molecule has 0 fully saturated rings. The number of nitrogens with zero attached hydrogens (tertiary/aromatic N) is 5. The van der Waals surface area contributed by atoms with E-state index in [4.69, 9.17) is 24.4 Å². The molecule has 0 N–H and O–H groups in total. The highest BCUT2D eigenvalue weighted by Gasteiger charge is 2.20. The number of pyridine rings is 1. The van der Waals surface area contributed by atoms with Crippen LogP contribution in [0.15, 0.2) is 217 Å². The molecule has 64 heavy (non-hydrogen) atoms. The Morgan fingerprint density at radius 3 is 1.41 bits per heavy atom. The quantitative estimate of drug-likeness (QED) is 0.167. The zero-order valence-corrected chi connectivity index (χ0v) is 34.4. The lowest BCUT2D eigenvalue weighted by molar-refractivity contribution is 0.655. The number of aromatic nitrogens is 5. The summed E-state index contributed by atoms with van der Waals surface area (Å²) in [6.45, 7) is 0. The van der Waals surface area contributed by atoms with E-state index in [9.17, 15) is 0 Å². The number of fused-ring (bicyclic) bond motifs is 9. The third-order valence-electron chi connectivity index (χ3n) is 12.5. The van der Waals surface area contributed by atoms with Gasteiger partial charge in [0.15, 0.2) is 17.5 Å². The van der Waals surface area contributed by atoms with Gasteiger partial charge < -0.3 is 8.98 Å². The molecular formula is C58H35N5O. The van der Waals surface area contributed by atoms with Crippen molar-refractivity contribution in [3.05, 3.63) is 212 Å².